The lowest BCUT2D eigenvalue weighted by Crippen LogP contribution is -2.08. The van der Waals surface area contributed by atoms with E-state index in [4.69, 9.17) is 9.47 Å². The molecule has 1 aliphatic rings. The molecule has 1 heterocycles. The van der Waals surface area contributed by atoms with Crippen molar-refractivity contribution >= 4 is 5.97 Å². The second kappa shape index (κ2) is 8.98. The van der Waals surface area contributed by atoms with Crippen LogP contribution < -0.4 is 9.47 Å². The van der Waals surface area contributed by atoms with Gasteiger partial charge in [-0.1, -0.05) is 30.2 Å². The Morgan fingerprint density at radius 3 is 2.37 bits per heavy atom. The molecule has 156 valence electrons. The number of ether oxygens (including phenoxy) is 2. The minimum Gasteiger partial charge on any atom is -0.497 e. The number of benzene rings is 2. The molecular weight excluding hydrogens is 382 g/mol. The Morgan fingerprint density at radius 1 is 1.07 bits per heavy atom. The largest absolute Gasteiger partial charge is 0.497 e. The molecule has 0 atom stereocenters. The molecule has 3 aromatic rings. The van der Waals surface area contributed by atoms with E-state index in [0.29, 0.717) is 18.2 Å². The van der Waals surface area contributed by atoms with Crippen LogP contribution >= 0.6 is 0 Å². The smallest absolute Gasteiger partial charge is 0.358 e. The van der Waals surface area contributed by atoms with E-state index < -0.39 is 5.97 Å². The van der Waals surface area contributed by atoms with E-state index in [1.54, 1.807) is 11.8 Å². The molecule has 0 radical (unpaired) electrons. The van der Waals surface area contributed by atoms with Gasteiger partial charge in [0.1, 0.15) is 17.2 Å². The van der Waals surface area contributed by atoms with Gasteiger partial charge >= 0.3 is 5.97 Å². The Kier molecular flexibility index (Phi) is 5.97. The Hall–Kier alpha value is -3.35. The summed E-state index contributed by atoms with van der Waals surface area (Å²) < 4.78 is 12.7. The molecule has 7 heteroatoms. The maximum absolute atomic E-state index is 11.7. The summed E-state index contributed by atoms with van der Waals surface area (Å²) in [4.78, 5) is 11.7. The number of carbonyl (C=O) groups is 1. The second-order valence-electron chi connectivity index (χ2n) is 7.58. The van der Waals surface area contributed by atoms with Crippen LogP contribution in [0.25, 0.3) is 11.3 Å². The molecule has 0 saturated heterocycles. The van der Waals surface area contributed by atoms with Crippen molar-refractivity contribution in [1.82, 2.24) is 15.0 Å². The SMILES string of the molecule is COc1ccc(Cn2nnc(C(=O)O)c2-c2ccc(OCC3CCCC3)cc2)cc1. The van der Waals surface area contributed by atoms with E-state index in [1.165, 1.54) is 25.7 Å². The van der Waals surface area contributed by atoms with Gasteiger partial charge in [0.15, 0.2) is 5.69 Å². The maximum atomic E-state index is 11.7. The summed E-state index contributed by atoms with van der Waals surface area (Å²) >= 11 is 0. The molecule has 4 rings (SSSR count). The third kappa shape index (κ3) is 4.45. The van der Waals surface area contributed by atoms with E-state index in [0.717, 1.165) is 29.2 Å². The molecule has 30 heavy (non-hydrogen) atoms. The minimum absolute atomic E-state index is 0.0665. The highest BCUT2D eigenvalue weighted by Crippen LogP contribution is 2.28. The van der Waals surface area contributed by atoms with Crippen molar-refractivity contribution in [3.05, 3.63) is 59.8 Å². The Morgan fingerprint density at radius 2 is 1.73 bits per heavy atom. The number of nitrogens with zero attached hydrogens (tertiary/aromatic N) is 3. The number of carboxylic acids is 1. The molecule has 0 unspecified atom stereocenters. The molecule has 0 bridgehead atoms. The number of aromatic nitrogens is 3. The summed E-state index contributed by atoms with van der Waals surface area (Å²) in [5.74, 6) is 1.08. The average molecular weight is 407 g/mol. The molecule has 1 aliphatic carbocycles. The fraction of sp³-hybridized carbons (Fsp3) is 0.348. The van der Waals surface area contributed by atoms with Gasteiger partial charge in [-0.3, -0.25) is 0 Å². The van der Waals surface area contributed by atoms with Crippen molar-refractivity contribution in [2.24, 2.45) is 5.92 Å². The lowest BCUT2D eigenvalue weighted by atomic mass is 10.1. The summed E-state index contributed by atoms with van der Waals surface area (Å²) in [5, 5.41) is 17.6. The van der Waals surface area contributed by atoms with Crippen molar-refractivity contribution in [2.45, 2.75) is 32.2 Å². The Bertz CT molecular complexity index is 990. The first kappa shape index (κ1) is 19.9. The zero-order valence-corrected chi connectivity index (χ0v) is 17.0. The summed E-state index contributed by atoms with van der Waals surface area (Å²) in [7, 11) is 1.62. The summed E-state index contributed by atoms with van der Waals surface area (Å²) in [6, 6.07) is 15.0. The van der Waals surface area contributed by atoms with Crippen molar-refractivity contribution in [3.63, 3.8) is 0 Å². The molecule has 1 saturated carbocycles. The molecule has 0 spiro atoms. The van der Waals surface area contributed by atoms with Crippen LogP contribution in [0.2, 0.25) is 0 Å². The van der Waals surface area contributed by atoms with Crippen LogP contribution in [0.15, 0.2) is 48.5 Å². The molecule has 1 N–H and O–H groups in total. The first-order valence-corrected chi connectivity index (χ1v) is 10.2. The van der Waals surface area contributed by atoms with E-state index >= 15 is 0 Å². The van der Waals surface area contributed by atoms with Crippen LogP contribution in [0.4, 0.5) is 0 Å². The fourth-order valence-corrected chi connectivity index (χ4v) is 3.86. The van der Waals surface area contributed by atoms with Crippen LogP contribution in [0, 0.1) is 5.92 Å². The highest BCUT2D eigenvalue weighted by molar-refractivity contribution is 5.92. The van der Waals surface area contributed by atoms with Crippen molar-refractivity contribution < 1.29 is 19.4 Å². The standard InChI is InChI=1S/C23H25N3O4/c1-29-19-10-6-16(7-11-19)14-26-22(21(23(27)28)24-25-26)18-8-12-20(13-9-18)30-15-17-4-2-3-5-17/h6-13,17H,2-5,14-15H2,1H3,(H,27,28). The van der Waals surface area contributed by atoms with Crippen LogP contribution in [0.5, 0.6) is 11.5 Å². The lowest BCUT2D eigenvalue weighted by molar-refractivity contribution is 0.0691. The quantitative estimate of drug-likeness (QED) is 0.600. The molecule has 0 aliphatic heterocycles. The topological polar surface area (TPSA) is 86.5 Å². The Labute approximate surface area is 175 Å². The maximum Gasteiger partial charge on any atom is 0.358 e. The molecule has 1 aromatic heterocycles. The third-order valence-corrected chi connectivity index (χ3v) is 5.52. The zero-order chi connectivity index (χ0) is 20.9. The van der Waals surface area contributed by atoms with Gasteiger partial charge in [0.25, 0.3) is 0 Å². The van der Waals surface area contributed by atoms with Crippen LogP contribution in [0.3, 0.4) is 0 Å². The van der Waals surface area contributed by atoms with Gasteiger partial charge in [-0.05, 0) is 60.7 Å². The lowest BCUT2D eigenvalue weighted by Gasteiger charge is -2.12. The first-order valence-electron chi connectivity index (χ1n) is 10.2. The molecule has 7 nitrogen and oxygen atoms in total. The van der Waals surface area contributed by atoms with Gasteiger partial charge in [-0.15, -0.1) is 5.10 Å². The number of hydrogen-bond acceptors (Lipinski definition) is 5. The van der Waals surface area contributed by atoms with Gasteiger partial charge in [0, 0.05) is 5.56 Å². The first-order chi connectivity index (χ1) is 14.6. The monoisotopic (exact) mass is 407 g/mol. The van der Waals surface area contributed by atoms with Gasteiger partial charge in [0.05, 0.1) is 20.3 Å². The average Bonchev–Trinajstić information content (AvgIpc) is 3.43. The number of methoxy groups -OCH3 is 1. The molecule has 2 aromatic carbocycles. The summed E-state index contributed by atoms with van der Waals surface area (Å²) in [6.45, 7) is 1.14. The zero-order valence-electron chi connectivity index (χ0n) is 17.0. The van der Waals surface area contributed by atoms with Crippen molar-refractivity contribution in [1.29, 1.82) is 0 Å². The number of rotatable bonds is 8. The predicted molar refractivity (Wildman–Crippen MR) is 112 cm³/mol. The van der Waals surface area contributed by atoms with Gasteiger partial charge < -0.3 is 14.6 Å². The van der Waals surface area contributed by atoms with Gasteiger partial charge in [-0.25, -0.2) is 9.48 Å². The van der Waals surface area contributed by atoms with Gasteiger partial charge in [0.2, 0.25) is 0 Å². The minimum atomic E-state index is -1.10. The predicted octanol–water partition coefficient (Wildman–Crippen LogP) is 4.27. The van der Waals surface area contributed by atoms with E-state index in [1.807, 2.05) is 48.5 Å². The third-order valence-electron chi connectivity index (χ3n) is 5.52. The number of carboxylic acid groups (broad SMARTS) is 1. The van der Waals surface area contributed by atoms with Gasteiger partial charge in [-0.2, -0.15) is 0 Å². The highest BCUT2D eigenvalue weighted by atomic mass is 16.5. The second-order valence-corrected chi connectivity index (χ2v) is 7.58. The van der Waals surface area contributed by atoms with E-state index in [-0.39, 0.29) is 5.69 Å². The van der Waals surface area contributed by atoms with Crippen molar-refractivity contribution in [2.75, 3.05) is 13.7 Å². The van der Waals surface area contributed by atoms with Crippen LogP contribution in [-0.4, -0.2) is 39.8 Å². The number of hydrogen-bond donors (Lipinski definition) is 1. The highest BCUT2D eigenvalue weighted by Gasteiger charge is 2.21. The molecular formula is C23H25N3O4. The van der Waals surface area contributed by atoms with Crippen molar-refractivity contribution in [3.8, 4) is 22.8 Å². The Balaban J connectivity index is 1.55. The molecule has 1 fully saturated rings. The molecule has 0 amide bonds. The van der Waals surface area contributed by atoms with E-state index in [2.05, 4.69) is 10.3 Å². The van der Waals surface area contributed by atoms with E-state index in [9.17, 15) is 9.90 Å². The summed E-state index contributed by atoms with van der Waals surface area (Å²) in [5.41, 5.74) is 2.11. The fourth-order valence-electron chi connectivity index (χ4n) is 3.86. The number of aromatic carboxylic acids is 1. The normalized spacial score (nSPS) is 14.0. The summed E-state index contributed by atoms with van der Waals surface area (Å²) in [6.07, 6.45) is 5.04. The van der Waals surface area contributed by atoms with Crippen LogP contribution in [-0.2, 0) is 6.54 Å². The van der Waals surface area contributed by atoms with Crippen LogP contribution in [0.1, 0.15) is 41.7 Å².